The van der Waals surface area contributed by atoms with Gasteiger partial charge >= 0.3 is 6.18 Å². The van der Waals surface area contributed by atoms with Gasteiger partial charge in [-0.1, -0.05) is 11.6 Å². The van der Waals surface area contributed by atoms with Crippen molar-refractivity contribution in [3.8, 4) is 5.75 Å². The number of alkyl halides is 3. The predicted octanol–water partition coefficient (Wildman–Crippen LogP) is 3.14. The molecule has 3 N–H and O–H groups in total. The first kappa shape index (κ1) is 21.7. The van der Waals surface area contributed by atoms with Crippen LogP contribution in [0.5, 0.6) is 5.75 Å². The van der Waals surface area contributed by atoms with Crippen LogP contribution in [-0.4, -0.2) is 35.0 Å². The van der Waals surface area contributed by atoms with Gasteiger partial charge in [-0.15, -0.1) is 0 Å². The average Bonchev–Trinajstić information content (AvgIpc) is 2.73. The minimum atomic E-state index is -4.56. The summed E-state index contributed by atoms with van der Waals surface area (Å²) in [4.78, 5) is 29.9. The molecular formula is C19H18ClF3N4O3. The van der Waals surface area contributed by atoms with Crippen molar-refractivity contribution in [2.24, 2.45) is 5.92 Å². The van der Waals surface area contributed by atoms with Crippen molar-refractivity contribution in [1.82, 2.24) is 15.8 Å². The van der Waals surface area contributed by atoms with Gasteiger partial charge in [0.05, 0.1) is 17.0 Å². The number of hydrogen-bond acceptors (Lipinski definition) is 5. The number of nitrogens with zero attached hydrogens (tertiary/aromatic N) is 2. The molecule has 0 radical (unpaired) electrons. The maximum absolute atomic E-state index is 13.3. The molecule has 0 spiro atoms. The van der Waals surface area contributed by atoms with Crippen LogP contribution in [0.2, 0.25) is 5.02 Å². The standard InChI is InChI=1S/C19H18ClF3N4O3/c20-12-5-6-15(28)13(9-12)18(30)26-25-17(29)11-3-2-8-27(10-11)16-14(19(21,22)23)4-1-7-24-16/h1,4-7,9,11,28H,2-3,8,10H2,(H,25,29)(H,26,30). The Bertz CT molecular complexity index is 955. The smallest absolute Gasteiger partial charge is 0.419 e. The Morgan fingerprint density at radius 3 is 2.73 bits per heavy atom. The van der Waals surface area contributed by atoms with Crippen LogP contribution in [-0.2, 0) is 11.0 Å². The van der Waals surface area contributed by atoms with E-state index in [1.807, 2.05) is 0 Å². The molecule has 2 amide bonds. The number of halogens is 4. The molecule has 0 saturated carbocycles. The van der Waals surface area contributed by atoms with Crippen LogP contribution in [0.25, 0.3) is 0 Å². The lowest BCUT2D eigenvalue weighted by Gasteiger charge is -2.34. The van der Waals surface area contributed by atoms with Crippen molar-refractivity contribution in [2.45, 2.75) is 19.0 Å². The number of nitrogens with one attached hydrogen (secondary N) is 2. The molecule has 30 heavy (non-hydrogen) atoms. The number of hydrazine groups is 1. The fraction of sp³-hybridized carbons (Fsp3) is 0.316. The third-order valence-electron chi connectivity index (χ3n) is 4.69. The lowest BCUT2D eigenvalue weighted by Crippen LogP contribution is -2.49. The normalized spacial score (nSPS) is 16.8. The summed E-state index contributed by atoms with van der Waals surface area (Å²) in [6.45, 7) is 0.344. The monoisotopic (exact) mass is 442 g/mol. The number of phenols is 1. The highest BCUT2D eigenvalue weighted by Gasteiger charge is 2.37. The average molecular weight is 443 g/mol. The summed E-state index contributed by atoms with van der Waals surface area (Å²) < 4.78 is 39.8. The van der Waals surface area contributed by atoms with E-state index in [2.05, 4.69) is 15.8 Å². The van der Waals surface area contributed by atoms with Crippen LogP contribution in [0.4, 0.5) is 19.0 Å². The minimum Gasteiger partial charge on any atom is -0.507 e. The fourth-order valence-corrected chi connectivity index (χ4v) is 3.40. The molecule has 0 bridgehead atoms. The number of aromatic hydroxyl groups is 1. The van der Waals surface area contributed by atoms with Gasteiger partial charge in [-0.25, -0.2) is 4.98 Å². The number of amides is 2. The van der Waals surface area contributed by atoms with E-state index < -0.39 is 29.5 Å². The lowest BCUT2D eigenvalue weighted by atomic mass is 9.97. The van der Waals surface area contributed by atoms with Crippen LogP contribution in [0.3, 0.4) is 0 Å². The van der Waals surface area contributed by atoms with Crippen LogP contribution < -0.4 is 15.8 Å². The third kappa shape index (κ3) is 4.93. The Labute approximate surface area is 174 Å². The van der Waals surface area contributed by atoms with Crippen molar-refractivity contribution in [2.75, 3.05) is 18.0 Å². The molecule has 1 aromatic heterocycles. The second kappa shape index (κ2) is 8.78. The predicted molar refractivity (Wildman–Crippen MR) is 103 cm³/mol. The maximum Gasteiger partial charge on any atom is 0.419 e. The Hall–Kier alpha value is -3.01. The van der Waals surface area contributed by atoms with Crippen LogP contribution >= 0.6 is 11.6 Å². The van der Waals surface area contributed by atoms with Crippen LogP contribution in [0.1, 0.15) is 28.8 Å². The van der Waals surface area contributed by atoms with E-state index in [0.29, 0.717) is 19.4 Å². The molecular weight excluding hydrogens is 425 g/mol. The van der Waals surface area contributed by atoms with E-state index in [-0.39, 0.29) is 28.7 Å². The van der Waals surface area contributed by atoms with Gasteiger partial charge in [0.25, 0.3) is 5.91 Å². The molecule has 160 valence electrons. The van der Waals surface area contributed by atoms with Gasteiger partial charge in [0.15, 0.2) is 0 Å². The number of benzene rings is 1. The van der Waals surface area contributed by atoms with Gasteiger partial charge in [0.1, 0.15) is 11.6 Å². The van der Waals surface area contributed by atoms with Gasteiger partial charge in [0, 0.05) is 24.3 Å². The van der Waals surface area contributed by atoms with Crippen LogP contribution in [0, 0.1) is 5.92 Å². The molecule has 0 aliphatic carbocycles. The molecule has 1 saturated heterocycles. The quantitative estimate of drug-likeness (QED) is 0.635. The molecule has 1 aliphatic rings. The summed E-state index contributed by atoms with van der Waals surface area (Å²) in [6.07, 6.45) is -2.37. The number of phenolic OH excluding ortho intramolecular Hbond substituents is 1. The zero-order valence-electron chi connectivity index (χ0n) is 15.5. The number of carbonyl (C=O) groups is 2. The molecule has 11 heteroatoms. The Morgan fingerprint density at radius 1 is 1.23 bits per heavy atom. The van der Waals surface area contributed by atoms with E-state index in [0.717, 1.165) is 6.07 Å². The van der Waals surface area contributed by atoms with Gasteiger partial charge in [-0.2, -0.15) is 13.2 Å². The molecule has 1 aromatic carbocycles. The molecule has 1 aliphatic heterocycles. The summed E-state index contributed by atoms with van der Waals surface area (Å²) in [6, 6.07) is 6.03. The molecule has 1 atom stereocenters. The molecule has 2 aromatic rings. The largest absolute Gasteiger partial charge is 0.507 e. The number of anilines is 1. The van der Waals surface area contributed by atoms with Gasteiger partial charge < -0.3 is 10.0 Å². The molecule has 1 unspecified atom stereocenters. The van der Waals surface area contributed by atoms with Crippen LogP contribution in [0.15, 0.2) is 36.5 Å². The second-order valence-corrected chi connectivity index (χ2v) is 7.20. The number of rotatable bonds is 3. The van der Waals surface area contributed by atoms with E-state index in [4.69, 9.17) is 11.6 Å². The highest BCUT2D eigenvalue weighted by atomic mass is 35.5. The van der Waals surface area contributed by atoms with E-state index >= 15 is 0 Å². The zero-order chi connectivity index (χ0) is 21.9. The van der Waals surface area contributed by atoms with Crippen molar-refractivity contribution < 1.29 is 27.9 Å². The summed E-state index contributed by atoms with van der Waals surface area (Å²) >= 11 is 5.79. The van der Waals surface area contributed by atoms with Crippen molar-refractivity contribution in [3.05, 3.63) is 52.7 Å². The highest BCUT2D eigenvalue weighted by Crippen LogP contribution is 2.36. The van der Waals surface area contributed by atoms with Gasteiger partial charge in [0.2, 0.25) is 5.91 Å². The summed E-state index contributed by atoms with van der Waals surface area (Å²) in [7, 11) is 0. The SMILES string of the molecule is O=C(NNC(=O)C1CCCN(c2ncccc2C(F)(F)F)C1)c1cc(Cl)ccc1O. The Morgan fingerprint density at radius 2 is 2.00 bits per heavy atom. The van der Waals surface area contributed by atoms with E-state index in [9.17, 15) is 27.9 Å². The molecule has 2 heterocycles. The van der Waals surface area contributed by atoms with Crippen molar-refractivity contribution >= 4 is 29.2 Å². The van der Waals surface area contributed by atoms with Crippen molar-refractivity contribution in [3.63, 3.8) is 0 Å². The molecule has 1 fully saturated rings. The topological polar surface area (TPSA) is 94.6 Å². The third-order valence-corrected chi connectivity index (χ3v) is 4.92. The highest BCUT2D eigenvalue weighted by molar-refractivity contribution is 6.31. The zero-order valence-corrected chi connectivity index (χ0v) is 16.3. The first-order valence-electron chi connectivity index (χ1n) is 9.02. The Balaban J connectivity index is 1.65. The first-order valence-corrected chi connectivity index (χ1v) is 9.40. The molecule has 7 nitrogen and oxygen atoms in total. The Kier molecular flexibility index (Phi) is 6.35. The summed E-state index contributed by atoms with van der Waals surface area (Å²) in [5.74, 6) is -2.53. The summed E-state index contributed by atoms with van der Waals surface area (Å²) in [5, 5.41) is 9.96. The van der Waals surface area contributed by atoms with E-state index in [1.165, 1.54) is 35.4 Å². The number of hydrogen-bond donors (Lipinski definition) is 3. The van der Waals surface area contributed by atoms with Crippen molar-refractivity contribution in [1.29, 1.82) is 0 Å². The lowest BCUT2D eigenvalue weighted by molar-refractivity contribution is -0.137. The van der Waals surface area contributed by atoms with Gasteiger partial charge in [-0.3, -0.25) is 20.4 Å². The van der Waals surface area contributed by atoms with Gasteiger partial charge in [-0.05, 0) is 43.2 Å². The minimum absolute atomic E-state index is 0.0181. The fourth-order valence-electron chi connectivity index (χ4n) is 3.23. The number of aromatic nitrogens is 1. The number of piperidine rings is 1. The summed E-state index contributed by atoms with van der Waals surface area (Å²) in [5.41, 5.74) is 3.44. The number of carbonyl (C=O) groups excluding carboxylic acids is 2. The molecule has 3 rings (SSSR count). The number of pyridine rings is 1. The van der Waals surface area contributed by atoms with E-state index in [1.54, 1.807) is 0 Å². The first-order chi connectivity index (χ1) is 14.2. The second-order valence-electron chi connectivity index (χ2n) is 6.76. The maximum atomic E-state index is 13.3.